The van der Waals surface area contributed by atoms with E-state index in [1.54, 1.807) is 11.8 Å². The zero-order valence-electron chi connectivity index (χ0n) is 16.5. The minimum absolute atomic E-state index is 0.0274. The molecule has 0 saturated carbocycles. The Morgan fingerprint density at radius 3 is 2.72 bits per heavy atom. The quantitative estimate of drug-likeness (QED) is 0.769. The maximum absolute atomic E-state index is 6.49. The molecule has 29 heavy (non-hydrogen) atoms. The summed E-state index contributed by atoms with van der Waals surface area (Å²) in [4.78, 5) is 12.7. The van der Waals surface area contributed by atoms with Gasteiger partial charge >= 0.3 is 0 Å². The fourth-order valence-corrected chi connectivity index (χ4v) is 5.23. The molecule has 1 saturated heterocycles. The van der Waals surface area contributed by atoms with E-state index < -0.39 is 0 Å². The summed E-state index contributed by atoms with van der Waals surface area (Å²) < 4.78 is 0. The first-order chi connectivity index (χ1) is 14.0. The number of nitrogens with zero attached hydrogens (tertiary/aromatic N) is 3. The number of nitrogens with two attached hydrogens (primary N) is 2. The van der Waals surface area contributed by atoms with E-state index in [9.17, 15) is 0 Å². The second-order valence-electron chi connectivity index (χ2n) is 7.77. The fraction of sp³-hybridized carbons (Fsp3) is 0.364. The number of hydrogen-bond donors (Lipinski definition) is 2. The van der Waals surface area contributed by atoms with Gasteiger partial charge in [0.25, 0.3) is 0 Å². The van der Waals surface area contributed by atoms with Crippen LogP contribution >= 0.6 is 23.4 Å². The number of benzene rings is 1. The molecule has 2 aromatic rings. The molecule has 1 atom stereocenters. The van der Waals surface area contributed by atoms with Crippen molar-refractivity contribution in [3.05, 3.63) is 59.4 Å². The third-order valence-corrected chi connectivity index (χ3v) is 7.66. The van der Waals surface area contributed by atoms with Gasteiger partial charge in [-0.25, -0.2) is 4.98 Å². The van der Waals surface area contributed by atoms with Crippen molar-refractivity contribution in [1.29, 1.82) is 0 Å². The lowest BCUT2D eigenvalue weighted by Gasteiger charge is -2.42. The number of anilines is 1. The predicted molar refractivity (Wildman–Crippen MR) is 122 cm³/mol. The van der Waals surface area contributed by atoms with Gasteiger partial charge in [-0.1, -0.05) is 35.5 Å². The van der Waals surface area contributed by atoms with Gasteiger partial charge in [0.1, 0.15) is 5.03 Å². The van der Waals surface area contributed by atoms with Crippen molar-refractivity contribution in [2.75, 3.05) is 24.5 Å². The molecule has 2 aliphatic heterocycles. The van der Waals surface area contributed by atoms with Crippen molar-refractivity contribution in [3.63, 3.8) is 0 Å². The molecular weight excluding hydrogens is 402 g/mol. The predicted octanol–water partition coefficient (Wildman–Crippen LogP) is 4.04. The number of pyridine rings is 1. The average molecular weight is 428 g/mol. The summed E-state index contributed by atoms with van der Waals surface area (Å²) in [6, 6.07) is 10.2. The molecule has 1 fully saturated rings. The van der Waals surface area contributed by atoms with Crippen LogP contribution in [0.15, 0.2) is 63.7 Å². The third kappa shape index (κ3) is 4.02. The number of aromatic nitrogens is 1. The summed E-state index contributed by atoms with van der Waals surface area (Å²) in [6.45, 7) is 4.73. The topological polar surface area (TPSA) is 80.5 Å². The van der Waals surface area contributed by atoms with Crippen LogP contribution in [-0.4, -0.2) is 36.4 Å². The van der Waals surface area contributed by atoms with Crippen molar-refractivity contribution in [2.24, 2.45) is 21.9 Å². The Balaban J connectivity index is 1.39. The van der Waals surface area contributed by atoms with Crippen molar-refractivity contribution < 1.29 is 0 Å². The van der Waals surface area contributed by atoms with Gasteiger partial charge in [-0.05, 0) is 55.8 Å². The SMILES string of the molecule is Cc1cccc(Sc2ccc(N3CCC4(CC3)CN=C(/C=C\N)C4N)cn2)c1Cl. The lowest BCUT2D eigenvalue weighted by atomic mass is 9.73. The standard InChI is InChI=1S/C22H26ClN5S/c1-15-3-2-4-18(20(15)23)29-19-6-5-16(13-26-19)28-11-8-22(9-12-28)14-27-17(7-10-24)21(22)25/h2-7,10,13,21H,8-9,11-12,14,24-25H2,1H3/b10-7-. The van der Waals surface area contributed by atoms with Crippen LogP contribution in [0.4, 0.5) is 5.69 Å². The number of aliphatic imine (C=N–C) groups is 1. The average Bonchev–Trinajstić information content (AvgIpc) is 3.03. The zero-order valence-corrected chi connectivity index (χ0v) is 18.1. The summed E-state index contributed by atoms with van der Waals surface area (Å²) in [5.74, 6) is 0. The van der Waals surface area contributed by atoms with Crippen molar-refractivity contribution in [1.82, 2.24) is 4.98 Å². The second-order valence-corrected chi connectivity index (χ2v) is 9.21. The first-order valence-corrected chi connectivity index (χ1v) is 11.0. The largest absolute Gasteiger partial charge is 0.405 e. The molecule has 7 heteroatoms. The summed E-state index contributed by atoms with van der Waals surface area (Å²) in [6.07, 6.45) is 7.37. The molecule has 2 aliphatic rings. The van der Waals surface area contributed by atoms with E-state index >= 15 is 0 Å². The Morgan fingerprint density at radius 1 is 1.24 bits per heavy atom. The minimum Gasteiger partial charge on any atom is -0.405 e. The first kappa shape index (κ1) is 20.3. The molecule has 3 heterocycles. The Labute approximate surface area is 181 Å². The molecule has 1 spiro atoms. The molecular formula is C22H26ClN5S. The molecule has 5 nitrogen and oxygen atoms in total. The van der Waals surface area contributed by atoms with E-state index in [1.165, 1.54) is 6.20 Å². The molecule has 4 rings (SSSR count). The lowest BCUT2D eigenvalue weighted by molar-refractivity contribution is 0.228. The molecule has 0 amide bonds. The van der Waals surface area contributed by atoms with E-state index in [0.29, 0.717) is 0 Å². The zero-order chi connectivity index (χ0) is 20.4. The normalized spacial score (nSPS) is 21.1. The van der Waals surface area contributed by atoms with Crippen molar-refractivity contribution >= 4 is 34.8 Å². The van der Waals surface area contributed by atoms with Gasteiger partial charge in [0.2, 0.25) is 0 Å². The fourth-order valence-electron chi connectivity index (χ4n) is 4.13. The highest BCUT2D eigenvalue weighted by Crippen LogP contribution is 2.40. The van der Waals surface area contributed by atoms with Gasteiger partial charge in [0, 0.05) is 29.9 Å². The molecule has 1 unspecified atom stereocenters. The number of piperidine rings is 1. The monoisotopic (exact) mass is 427 g/mol. The van der Waals surface area contributed by atoms with Crippen LogP contribution in [0.5, 0.6) is 0 Å². The molecule has 1 aromatic carbocycles. The van der Waals surface area contributed by atoms with Crippen LogP contribution in [-0.2, 0) is 0 Å². The molecule has 0 aliphatic carbocycles. The molecule has 152 valence electrons. The van der Waals surface area contributed by atoms with Crippen LogP contribution < -0.4 is 16.4 Å². The maximum Gasteiger partial charge on any atom is 0.101 e. The summed E-state index contributed by atoms with van der Waals surface area (Å²) in [5.41, 5.74) is 15.2. The van der Waals surface area contributed by atoms with E-state index in [-0.39, 0.29) is 11.5 Å². The molecule has 0 radical (unpaired) electrons. The highest BCUT2D eigenvalue weighted by molar-refractivity contribution is 7.99. The van der Waals surface area contributed by atoms with Gasteiger partial charge < -0.3 is 16.4 Å². The summed E-state index contributed by atoms with van der Waals surface area (Å²) in [7, 11) is 0. The van der Waals surface area contributed by atoms with Crippen LogP contribution in [0.1, 0.15) is 18.4 Å². The third-order valence-electron chi connectivity index (χ3n) is 6.04. The number of halogens is 1. The van der Waals surface area contributed by atoms with Crippen molar-refractivity contribution in [2.45, 2.75) is 35.7 Å². The van der Waals surface area contributed by atoms with E-state index in [1.807, 2.05) is 37.4 Å². The van der Waals surface area contributed by atoms with Crippen LogP contribution in [0.25, 0.3) is 0 Å². The van der Waals surface area contributed by atoms with E-state index in [4.69, 9.17) is 23.1 Å². The van der Waals surface area contributed by atoms with E-state index in [0.717, 1.165) is 64.4 Å². The molecule has 0 bridgehead atoms. The second kappa shape index (κ2) is 8.38. The summed E-state index contributed by atoms with van der Waals surface area (Å²) in [5, 5.41) is 1.74. The molecule has 4 N–H and O–H groups in total. The Hall–Kier alpha value is -2.02. The summed E-state index contributed by atoms with van der Waals surface area (Å²) >= 11 is 8.00. The number of hydrogen-bond acceptors (Lipinski definition) is 6. The molecule has 1 aromatic heterocycles. The van der Waals surface area contributed by atoms with Gasteiger partial charge in [-0.3, -0.25) is 4.99 Å². The number of rotatable bonds is 4. The Bertz CT molecular complexity index is 933. The lowest BCUT2D eigenvalue weighted by Crippen LogP contribution is -2.51. The van der Waals surface area contributed by atoms with E-state index in [2.05, 4.69) is 27.0 Å². The smallest absolute Gasteiger partial charge is 0.101 e. The maximum atomic E-state index is 6.49. The van der Waals surface area contributed by atoms with Gasteiger partial charge in [-0.15, -0.1) is 0 Å². The van der Waals surface area contributed by atoms with Crippen molar-refractivity contribution in [3.8, 4) is 0 Å². The Kier molecular flexibility index (Phi) is 5.86. The minimum atomic E-state index is -0.0274. The van der Waals surface area contributed by atoms with Gasteiger partial charge in [0.05, 0.1) is 28.7 Å². The first-order valence-electron chi connectivity index (χ1n) is 9.84. The highest BCUT2D eigenvalue weighted by Gasteiger charge is 2.44. The van der Waals surface area contributed by atoms with Crippen LogP contribution in [0.3, 0.4) is 0 Å². The highest BCUT2D eigenvalue weighted by atomic mass is 35.5. The van der Waals surface area contributed by atoms with Gasteiger partial charge in [-0.2, -0.15) is 0 Å². The van der Waals surface area contributed by atoms with Crippen LogP contribution in [0.2, 0.25) is 5.02 Å². The Morgan fingerprint density at radius 2 is 2.03 bits per heavy atom. The number of aryl methyl sites for hydroxylation is 1. The van der Waals surface area contributed by atoms with Gasteiger partial charge in [0.15, 0.2) is 0 Å². The van der Waals surface area contributed by atoms with Crippen LogP contribution in [0, 0.1) is 12.3 Å².